The number of carbonyl (C=O) groups excluding carboxylic acids is 1. The van der Waals surface area contributed by atoms with E-state index in [1.165, 1.54) is 0 Å². The molecule has 5 N–H and O–H groups in total. The van der Waals surface area contributed by atoms with Gasteiger partial charge in [0.05, 0.1) is 12.0 Å². The lowest BCUT2D eigenvalue weighted by Gasteiger charge is -2.16. The fraction of sp³-hybridized carbons (Fsp3) is 0.0625. The third-order valence-corrected chi connectivity index (χ3v) is 2.74. The lowest BCUT2D eigenvalue weighted by atomic mass is 10.0. The zero-order chi connectivity index (χ0) is 16.4. The van der Waals surface area contributed by atoms with Crippen LogP contribution in [0.25, 0.3) is 18.2 Å². The molecule has 1 aromatic carbocycles. The monoisotopic (exact) mass is 300 g/mol. The van der Waals surface area contributed by atoms with Gasteiger partial charge in [-0.25, -0.2) is 11.7 Å². The molecule has 0 radical (unpaired) electrons. The maximum Gasteiger partial charge on any atom is 0.221 e. The molecule has 0 fully saturated rings. The van der Waals surface area contributed by atoms with Crippen LogP contribution in [0.3, 0.4) is 0 Å². The van der Waals surface area contributed by atoms with Gasteiger partial charge in [-0.05, 0) is 35.9 Å². The molecule has 1 amide bonds. The van der Waals surface area contributed by atoms with Gasteiger partial charge in [-0.15, -0.1) is 0 Å². The minimum atomic E-state index is 0.403. The summed E-state index contributed by atoms with van der Waals surface area (Å²) < 4.78 is 5.27. The van der Waals surface area contributed by atoms with Gasteiger partial charge in [-0.3, -0.25) is 10.2 Å². The van der Waals surface area contributed by atoms with Crippen LogP contribution < -0.4 is 22.1 Å². The molecule has 2 aromatic rings. The largest absolute Gasteiger partial charge is 0.465 e. The number of hydrogen-bond donors (Lipinski definition) is 3. The highest BCUT2D eigenvalue weighted by Gasteiger charge is 2.05. The first-order valence-corrected chi connectivity index (χ1v) is 6.49. The van der Waals surface area contributed by atoms with Crippen LogP contribution in [0.4, 0.5) is 5.69 Å². The molecule has 22 heavy (non-hydrogen) atoms. The molecule has 1 aromatic heterocycles. The third kappa shape index (κ3) is 4.93. The molecule has 0 bridgehead atoms. The first kappa shape index (κ1) is 17.2. The second-order valence-electron chi connectivity index (χ2n) is 4.23. The average molecular weight is 300 g/mol. The van der Waals surface area contributed by atoms with E-state index in [2.05, 4.69) is 12.4 Å². The zero-order valence-electron chi connectivity index (χ0n) is 12.4. The number of nitrogens with two attached hydrogens (primary N) is 2. The molecule has 0 aliphatic rings. The Morgan fingerprint density at radius 1 is 1.27 bits per heavy atom. The smallest absolute Gasteiger partial charge is 0.221 e. The fourth-order valence-electron chi connectivity index (χ4n) is 1.79. The second kappa shape index (κ2) is 9.17. The van der Waals surface area contributed by atoms with Crippen molar-refractivity contribution >= 4 is 30.3 Å². The van der Waals surface area contributed by atoms with E-state index in [4.69, 9.17) is 15.1 Å². The summed E-state index contributed by atoms with van der Waals surface area (Å²) in [6, 6.07) is 9.68. The van der Waals surface area contributed by atoms with Gasteiger partial charge in [0, 0.05) is 12.6 Å². The summed E-state index contributed by atoms with van der Waals surface area (Å²) in [5.41, 5.74) is 4.75. The Labute approximate surface area is 129 Å². The van der Waals surface area contributed by atoms with Gasteiger partial charge in [-0.2, -0.15) is 0 Å². The van der Waals surface area contributed by atoms with E-state index in [1.54, 1.807) is 16.7 Å². The van der Waals surface area contributed by atoms with Crippen LogP contribution in [0.1, 0.15) is 16.9 Å². The molecule has 0 saturated carbocycles. The molecule has 116 valence electrons. The minimum Gasteiger partial charge on any atom is -0.465 e. The molecule has 0 aliphatic carbocycles. The van der Waals surface area contributed by atoms with Gasteiger partial charge < -0.3 is 9.43 Å². The number of anilines is 1. The van der Waals surface area contributed by atoms with Crippen LogP contribution in [0, 0.1) is 0 Å². The Morgan fingerprint density at radius 3 is 2.50 bits per heavy atom. The Balaban J connectivity index is 0.000000541. The van der Waals surface area contributed by atoms with Crippen LogP contribution in [0.5, 0.6) is 0 Å². The number of carbonyl (C=O) groups is 1. The van der Waals surface area contributed by atoms with Crippen molar-refractivity contribution in [1.82, 2.24) is 5.43 Å². The lowest BCUT2D eigenvalue weighted by Crippen LogP contribution is -2.25. The van der Waals surface area contributed by atoms with E-state index in [0.29, 0.717) is 6.41 Å². The summed E-state index contributed by atoms with van der Waals surface area (Å²) in [5.74, 6) is 11.0. The summed E-state index contributed by atoms with van der Waals surface area (Å²) >= 11 is 0. The minimum absolute atomic E-state index is 0.403. The van der Waals surface area contributed by atoms with Gasteiger partial charge >= 0.3 is 0 Å². The van der Waals surface area contributed by atoms with Gasteiger partial charge in [0.15, 0.2) is 0 Å². The molecule has 0 spiro atoms. The van der Waals surface area contributed by atoms with Crippen LogP contribution in [0.2, 0.25) is 0 Å². The van der Waals surface area contributed by atoms with E-state index in [9.17, 15) is 0 Å². The summed E-state index contributed by atoms with van der Waals surface area (Å²) in [6.07, 6.45) is 7.76. The first-order chi connectivity index (χ1) is 10.6. The first-order valence-electron chi connectivity index (χ1n) is 6.49. The topological polar surface area (TPSA) is 97.5 Å². The van der Waals surface area contributed by atoms with Crippen LogP contribution in [0.15, 0.2) is 47.6 Å². The number of rotatable bonds is 5. The van der Waals surface area contributed by atoms with Gasteiger partial charge in [-0.1, -0.05) is 24.8 Å². The van der Waals surface area contributed by atoms with Crippen molar-refractivity contribution in [3.63, 3.8) is 0 Å². The SMILES string of the molecule is C=Cc1cccc(N(C)N)c1/C=C/c1ccco1.NNC=O. The standard InChI is InChI=1S/C15H16N2O.CH4N2O/c1-3-12-6-4-8-15(17(2)16)14(12)10-9-13-7-5-11-18-13;2-3-1-4/h3-11H,1,16H2,2H3;1H,2H2,(H,3,4)/b10-9+;. The van der Waals surface area contributed by atoms with E-state index in [0.717, 1.165) is 22.6 Å². The Hall–Kier alpha value is -2.83. The molecule has 0 aliphatic heterocycles. The summed E-state index contributed by atoms with van der Waals surface area (Å²) in [7, 11) is 1.81. The van der Waals surface area contributed by atoms with Gasteiger partial charge in [0.25, 0.3) is 0 Å². The number of hydrogen-bond acceptors (Lipinski definition) is 5. The molecule has 0 saturated heterocycles. The highest BCUT2D eigenvalue weighted by molar-refractivity contribution is 5.81. The summed E-state index contributed by atoms with van der Waals surface area (Å²) in [6.45, 7) is 3.82. The maximum absolute atomic E-state index is 8.94. The summed E-state index contributed by atoms with van der Waals surface area (Å²) in [4.78, 5) is 8.94. The summed E-state index contributed by atoms with van der Waals surface area (Å²) in [5, 5.41) is 1.59. The number of nitrogens with zero attached hydrogens (tertiary/aromatic N) is 1. The molecule has 0 atom stereocenters. The maximum atomic E-state index is 8.94. The molecule has 0 unspecified atom stereocenters. The normalized spacial score (nSPS) is 9.77. The molecule has 2 rings (SSSR count). The van der Waals surface area contributed by atoms with Crippen molar-refractivity contribution in [1.29, 1.82) is 0 Å². The van der Waals surface area contributed by atoms with Crippen molar-refractivity contribution in [2.24, 2.45) is 11.7 Å². The number of furan rings is 1. The molecule has 6 nitrogen and oxygen atoms in total. The van der Waals surface area contributed by atoms with Gasteiger partial charge in [0.2, 0.25) is 6.41 Å². The van der Waals surface area contributed by atoms with Crippen LogP contribution >= 0.6 is 0 Å². The molecule has 1 heterocycles. The zero-order valence-corrected chi connectivity index (χ0v) is 12.4. The van der Waals surface area contributed by atoms with Crippen LogP contribution in [-0.4, -0.2) is 13.5 Å². The fourth-order valence-corrected chi connectivity index (χ4v) is 1.79. The third-order valence-electron chi connectivity index (χ3n) is 2.74. The van der Waals surface area contributed by atoms with E-state index in [-0.39, 0.29) is 0 Å². The lowest BCUT2D eigenvalue weighted by molar-refractivity contribution is -0.109. The predicted octanol–water partition coefficient (Wildman–Crippen LogP) is 2.01. The average Bonchev–Trinajstić information content (AvgIpc) is 3.06. The van der Waals surface area contributed by atoms with E-state index < -0.39 is 0 Å². The van der Waals surface area contributed by atoms with Crippen LogP contribution in [-0.2, 0) is 4.79 Å². The Bertz CT molecular complexity index is 619. The molecule has 6 heteroatoms. The van der Waals surface area contributed by atoms with Crippen molar-refractivity contribution in [2.45, 2.75) is 0 Å². The number of amides is 1. The predicted molar refractivity (Wildman–Crippen MR) is 90.1 cm³/mol. The number of nitrogens with one attached hydrogen (secondary N) is 1. The number of benzene rings is 1. The highest BCUT2D eigenvalue weighted by Crippen LogP contribution is 2.25. The highest BCUT2D eigenvalue weighted by atomic mass is 16.3. The van der Waals surface area contributed by atoms with E-state index in [1.807, 2.05) is 55.6 Å². The number of hydrazine groups is 2. The van der Waals surface area contributed by atoms with Crippen molar-refractivity contribution in [2.75, 3.05) is 12.1 Å². The molecular formula is C16H20N4O2. The Morgan fingerprint density at radius 2 is 2.00 bits per heavy atom. The Kier molecular flexibility index (Phi) is 7.18. The van der Waals surface area contributed by atoms with Crippen molar-refractivity contribution < 1.29 is 9.21 Å². The van der Waals surface area contributed by atoms with Gasteiger partial charge in [0.1, 0.15) is 5.76 Å². The van der Waals surface area contributed by atoms with E-state index >= 15 is 0 Å². The molecular weight excluding hydrogens is 280 g/mol. The quantitative estimate of drug-likeness (QED) is 0.339. The van der Waals surface area contributed by atoms with Crippen molar-refractivity contribution in [3.05, 3.63) is 60.1 Å². The second-order valence-corrected chi connectivity index (χ2v) is 4.23. The van der Waals surface area contributed by atoms with Crippen molar-refractivity contribution in [3.8, 4) is 0 Å².